The lowest BCUT2D eigenvalue weighted by molar-refractivity contribution is -0.121. The van der Waals surface area contributed by atoms with Crippen LogP contribution in [0.5, 0.6) is 0 Å². The van der Waals surface area contributed by atoms with E-state index in [9.17, 15) is 9.59 Å². The average Bonchev–Trinajstić information content (AvgIpc) is 3.19. The number of hydrogen-bond donors (Lipinski definition) is 2. The Morgan fingerprint density at radius 1 is 1.11 bits per heavy atom. The fourth-order valence-corrected chi connectivity index (χ4v) is 2.87. The summed E-state index contributed by atoms with van der Waals surface area (Å²) in [6.07, 6.45) is 2.27. The van der Waals surface area contributed by atoms with Crippen LogP contribution in [0.25, 0.3) is 11.3 Å². The van der Waals surface area contributed by atoms with Gasteiger partial charge in [0.05, 0.1) is 11.2 Å². The van der Waals surface area contributed by atoms with Crippen molar-refractivity contribution in [2.45, 2.75) is 19.4 Å². The number of aromatic nitrogens is 1. The predicted octanol–water partition coefficient (Wildman–Crippen LogP) is 3.60. The van der Waals surface area contributed by atoms with Crippen molar-refractivity contribution in [2.24, 2.45) is 0 Å². The molecule has 0 bridgehead atoms. The Labute approximate surface area is 167 Å². The van der Waals surface area contributed by atoms with Gasteiger partial charge in [-0.2, -0.15) is 0 Å². The molecule has 0 saturated carbocycles. The number of carbonyl (C=O) groups is 2. The second kappa shape index (κ2) is 9.19. The zero-order valence-corrected chi connectivity index (χ0v) is 16.1. The number of oxazole rings is 1. The molecule has 0 spiro atoms. The molecule has 0 unspecified atom stereocenters. The van der Waals surface area contributed by atoms with E-state index in [0.29, 0.717) is 35.2 Å². The molecule has 0 aliphatic heterocycles. The summed E-state index contributed by atoms with van der Waals surface area (Å²) in [5.41, 5.74) is 2.27. The maximum atomic E-state index is 12.1. The normalized spacial score (nSPS) is 10.5. The first-order valence-corrected chi connectivity index (χ1v) is 9.22. The van der Waals surface area contributed by atoms with Crippen LogP contribution >= 0.6 is 11.6 Å². The molecule has 2 aromatic carbocycles. The van der Waals surface area contributed by atoms with Gasteiger partial charge in [0.15, 0.2) is 11.7 Å². The van der Waals surface area contributed by atoms with Gasteiger partial charge in [0.25, 0.3) is 5.91 Å². The van der Waals surface area contributed by atoms with Crippen LogP contribution in [0.1, 0.15) is 28.2 Å². The minimum atomic E-state index is -0.141. The summed E-state index contributed by atoms with van der Waals surface area (Å²) in [7, 11) is 1.59. The average molecular weight is 398 g/mol. The summed E-state index contributed by atoms with van der Waals surface area (Å²) in [6, 6.07) is 14.4. The number of benzene rings is 2. The van der Waals surface area contributed by atoms with Crippen LogP contribution in [0.15, 0.2) is 59.1 Å². The monoisotopic (exact) mass is 397 g/mol. The summed E-state index contributed by atoms with van der Waals surface area (Å²) in [4.78, 5) is 27.8. The van der Waals surface area contributed by atoms with E-state index < -0.39 is 0 Å². The van der Waals surface area contributed by atoms with Crippen molar-refractivity contribution in [2.75, 3.05) is 7.05 Å². The molecular formula is C21H20ClN3O3. The first-order valence-electron chi connectivity index (χ1n) is 8.84. The number of aryl methyl sites for hydroxylation is 1. The number of nitrogens with zero attached hydrogens (tertiary/aromatic N) is 1. The maximum Gasteiger partial charge on any atom is 0.251 e. The van der Waals surface area contributed by atoms with E-state index in [1.54, 1.807) is 31.4 Å². The van der Waals surface area contributed by atoms with E-state index in [0.717, 1.165) is 11.1 Å². The maximum absolute atomic E-state index is 12.1. The van der Waals surface area contributed by atoms with Crippen molar-refractivity contribution in [3.05, 3.63) is 76.8 Å². The van der Waals surface area contributed by atoms with Crippen molar-refractivity contribution >= 4 is 23.4 Å². The van der Waals surface area contributed by atoms with Crippen molar-refractivity contribution in [3.63, 3.8) is 0 Å². The van der Waals surface area contributed by atoms with Crippen LogP contribution in [0.4, 0.5) is 0 Å². The lowest BCUT2D eigenvalue weighted by Gasteiger charge is -2.06. The van der Waals surface area contributed by atoms with E-state index in [2.05, 4.69) is 15.6 Å². The second-order valence-electron chi connectivity index (χ2n) is 6.15. The van der Waals surface area contributed by atoms with Crippen molar-refractivity contribution < 1.29 is 14.0 Å². The van der Waals surface area contributed by atoms with Gasteiger partial charge in [-0.15, -0.1) is 0 Å². The summed E-state index contributed by atoms with van der Waals surface area (Å²) in [6.45, 7) is 0.392. The van der Waals surface area contributed by atoms with Crippen molar-refractivity contribution in [1.82, 2.24) is 15.6 Å². The Morgan fingerprint density at radius 2 is 1.86 bits per heavy atom. The van der Waals surface area contributed by atoms with Gasteiger partial charge in [-0.3, -0.25) is 9.59 Å². The highest BCUT2D eigenvalue weighted by molar-refractivity contribution is 6.33. The van der Waals surface area contributed by atoms with E-state index in [-0.39, 0.29) is 18.2 Å². The van der Waals surface area contributed by atoms with E-state index >= 15 is 0 Å². The number of rotatable bonds is 7. The molecule has 0 fully saturated rings. The molecule has 6 nitrogen and oxygen atoms in total. The molecule has 2 N–H and O–H groups in total. The third kappa shape index (κ3) is 4.98. The van der Waals surface area contributed by atoms with Crippen LogP contribution in [0, 0.1) is 0 Å². The van der Waals surface area contributed by atoms with Gasteiger partial charge in [0.1, 0.15) is 0 Å². The summed E-state index contributed by atoms with van der Waals surface area (Å²) < 4.78 is 5.70. The molecule has 2 amide bonds. The number of carbonyl (C=O) groups excluding carboxylic acids is 2. The number of nitrogens with one attached hydrogen (secondary N) is 2. The van der Waals surface area contributed by atoms with Crippen molar-refractivity contribution in [3.8, 4) is 11.3 Å². The molecule has 0 saturated heterocycles. The molecule has 0 aliphatic rings. The van der Waals surface area contributed by atoms with Crippen LogP contribution in [-0.2, 0) is 17.8 Å². The summed E-state index contributed by atoms with van der Waals surface area (Å²) >= 11 is 6.16. The molecule has 28 heavy (non-hydrogen) atoms. The van der Waals surface area contributed by atoms with Gasteiger partial charge in [-0.25, -0.2) is 4.98 Å². The Bertz CT molecular complexity index is 967. The van der Waals surface area contributed by atoms with Crippen LogP contribution in [0.2, 0.25) is 5.02 Å². The molecule has 0 aliphatic carbocycles. The van der Waals surface area contributed by atoms with Crippen LogP contribution < -0.4 is 10.6 Å². The van der Waals surface area contributed by atoms with E-state index in [4.69, 9.17) is 16.0 Å². The highest BCUT2D eigenvalue weighted by Gasteiger charge is 2.11. The van der Waals surface area contributed by atoms with Gasteiger partial charge in [0.2, 0.25) is 5.91 Å². The minimum Gasteiger partial charge on any atom is -0.441 e. The van der Waals surface area contributed by atoms with E-state index in [1.807, 2.05) is 30.3 Å². The van der Waals surface area contributed by atoms with Gasteiger partial charge in [-0.05, 0) is 29.8 Å². The SMILES string of the molecule is CNC(=O)c1ccc(CNC(=O)CCc2ncc(-c3ccccc3Cl)o2)cc1. The molecule has 0 radical (unpaired) electrons. The van der Waals surface area contributed by atoms with Crippen LogP contribution in [0.3, 0.4) is 0 Å². The third-order valence-electron chi connectivity index (χ3n) is 4.19. The van der Waals surface area contributed by atoms with Crippen molar-refractivity contribution in [1.29, 1.82) is 0 Å². The highest BCUT2D eigenvalue weighted by Crippen LogP contribution is 2.28. The number of amides is 2. The Kier molecular flexibility index (Phi) is 6.45. The topological polar surface area (TPSA) is 84.2 Å². The predicted molar refractivity (Wildman–Crippen MR) is 107 cm³/mol. The molecule has 3 aromatic rings. The quantitative estimate of drug-likeness (QED) is 0.638. The lowest BCUT2D eigenvalue weighted by atomic mass is 10.1. The zero-order chi connectivity index (χ0) is 19.9. The number of hydrogen-bond acceptors (Lipinski definition) is 4. The Hall–Kier alpha value is -3.12. The Balaban J connectivity index is 1.48. The van der Waals surface area contributed by atoms with Crippen LogP contribution in [-0.4, -0.2) is 23.8 Å². The molecule has 1 aromatic heterocycles. The summed E-state index contributed by atoms with van der Waals surface area (Å²) in [5.74, 6) is 0.822. The molecule has 1 heterocycles. The largest absolute Gasteiger partial charge is 0.441 e. The summed E-state index contributed by atoms with van der Waals surface area (Å²) in [5, 5.41) is 6.01. The first-order chi connectivity index (χ1) is 13.6. The first kappa shape index (κ1) is 19.6. The van der Waals surface area contributed by atoms with Gasteiger partial charge < -0.3 is 15.1 Å². The third-order valence-corrected chi connectivity index (χ3v) is 4.52. The molecule has 3 rings (SSSR count). The lowest BCUT2D eigenvalue weighted by Crippen LogP contribution is -2.23. The minimum absolute atomic E-state index is 0.104. The molecule has 144 valence electrons. The zero-order valence-electron chi connectivity index (χ0n) is 15.4. The molecule has 7 heteroatoms. The van der Waals surface area contributed by atoms with Gasteiger partial charge in [0, 0.05) is 37.6 Å². The fourth-order valence-electron chi connectivity index (χ4n) is 2.64. The smallest absolute Gasteiger partial charge is 0.251 e. The fraction of sp³-hybridized carbons (Fsp3) is 0.190. The number of halogens is 1. The molecule has 0 atom stereocenters. The van der Waals surface area contributed by atoms with Gasteiger partial charge >= 0.3 is 0 Å². The highest BCUT2D eigenvalue weighted by atomic mass is 35.5. The van der Waals surface area contributed by atoms with E-state index in [1.165, 1.54) is 0 Å². The second-order valence-corrected chi connectivity index (χ2v) is 6.56. The molecular weight excluding hydrogens is 378 g/mol. The van der Waals surface area contributed by atoms with Gasteiger partial charge in [-0.1, -0.05) is 35.9 Å². The Morgan fingerprint density at radius 3 is 2.57 bits per heavy atom. The standard InChI is InChI=1S/C21H20ClN3O3/c1-23-21(27)15-8-6-14(7-9-15)12-24-19(26)10-11-20-25-13-18(28-20)16-4-2-3-5-17(16)22/h2-9,13H,10-12H2,1H3,(H,23,27)(H,24,26).